The van der Waals surface area contributed by atoms with Gasteiger partial charge < -0.3 is 20.4 Å². The average molecular weight is 202 g/mol. The quantitative estimate of drug-likeness (QED) is 0.532. The maximum Gasteiger partial charge on any atom is 0.327 e. The SMILES string of the molecule is C=CC(=O)O.CCN1CC(O)NC1=O. The van der Waals surface area contributed by atoms with Crippen LogP contribution in [0.5, 0.6) is 0 Å². The van der Waals surface area contributed by atoms with Crippen LogP contribution in [-0.2, 0) is 4.79 Å². The molecule has 1 fully saturated rings. The van der Waals surface area contributed by atoms with Crippen LogP contribution in [0.1, 0.15) is 6.92 Å². The summed E-state index contributed by atoms with van der Waals surface area (Å²) < 4.78 is 0. The summed E-state index contributed by atoms with van der Waals surface area (Å²) in [6.07, 6.45) is 0.164. The summed E-state index contributed by atoms with van der Waals surface area (Å²) in [5, 5.41) is 18.8. The molecule has 1 atom stereocenters. The zero-order chi connectivity index (χ0) is 11.1. The minimum absolute atomic E-state index is 0.176. The predicted octanol–water partition coefficient (Wildman–Crippen LogP) is -0.393. The van der Waals surface area contributed by atoms with E-state index in [9.17, 15) is 9.59 Å². The lowest BCUT2D eigenvalue weighted by Crippen LogP contribution is -2.28. The molecule has 1 rings (SSSR count). The second-order valence-electron chi connectivity index (χ2n) is 2.55. The van der Waals surface area contributed by atoms with E-state index in [1.54, 1.807) is 4.90 Å². The maximum absolute atomic E-state index is 10.7. The van der Waals surface area contributed by atoms with Crippen LogP contribution in [0.3, 0.4) is 0 Å². The topological polar surface area (TPSA) is 89.9 Å². The number of nitrogens with zero attached hydrogens (tertiary/aromatic N) is 1. The lowest BCUT2D eigenvalue weighted by Gasteiger charge is -2.08. The van der Waals surface area contributed by atoms with Gasteiger partial charge in [0.15, 0.2) is 0 Å². The Hall–Kier alpha value is -1.56. The van der Waals surface area contributed by atoms with E-state index in [0.717, 1.165) is 6.08 Å². The van der Waals surface area contributed by atoms with E-state index in [4.69, 9.17) is 10.2 Å². The number of β-amino-alcohol motifs (C(OH)–C–C–N with tert-alkyl or cyclic N) is 1. The number of carboxylic acid groups (broad SMARTS) is 1. The Bertz CT molecular complexity index is 229. The summed E-state index contributed by atoms with van der Waals surface area (Å²) in [5.74, 6) is -0.981. The van der Waals surface area contributed by atoms with Crippen LogP contribution in [0, 0.1) is 0 Å². The summed E-state index contributed by atoms with van der Waals surface area (Å²) in [7, 11) is 0. The summed E-state index contributed by atoms with van der Waals surface area (Å²) in [4.78, 5) is 21.5. The second-order valence-corrected chi connectivity index (χ2v) is 2.55. The fourth-order valence-electron chi connectivity index (χ4n) is 0.844. The Kier molecular flexibility index (Phi) is 5.31. The molecule has 0 aliphatic carbocycles. The molecule has 1 heterocycles. The predicted molar refractivity (Wildman–Crippen MR) is 49.6 cm³/mol. The lowest BCUT2D eigenvalue weighted by atomic mass is 10.5. The molecule has 0 aromatic carbocycles. The van der Waals surface area contributed by atoms with Gasteiger partial charge in [0.25, 0.3) is 0 Å². The number of rotatable bonds is 2. The van der Waals surface area contributed by atoms with Gasteiger partial charge in [-0.05, 0) is 6.92 Å². The van der Waals surface area contributed by atoms with Crippen molar-refractivity contribution < 1.29 is 19.8 Å². The fourth-order valence-corrected chi connectivity index (χ4v) is 0.844. The summed E-state index contributed by atoms with van der Waals surface area (Å²) >= 11 is 0. The van der Waals surface area contributed by atoms with Crippen molar-refractivity contribution in [1.82, 2.24) is 10.2 Å². The van der Waals surface area contributed by atoms with Crippen molar-refractivity contribution in [1.29, 1.82) is 0 Å². The van der Waals surface area contributed by atoms with Gasteiger partial charge in [-0.1, -0.05) is 6.58 Å². The first-order valence-electron chi connectivity index (χ1n) is 4.10. The summed E-state index contributed by atoms with van der Waals surface area (Å²) in [6, 6.07) is -0.176. The van der Waals surface area contributed by atoms with E-state index in [-0.39, 0.29) is 6.03 Å². The van der Waals surface area contributed by atoms with Crippen LogP contribution in [-0.4, -0.2) is 46.4 Å². The number of amides is 2. The largest absolute Gasteiger partial charge is 0.478 e. The van der Waals surface area contributed by atoms with Crippen molar-refractivity contribution in [3.63, 3.8) is 0 Å². The average Bonchev–Trinajstić information content (AvgIpc) is 2.45. The highest BCUT2D eigenvalue weighted by Gasteiger charge is 2.24. The maximum atomic E-state index is 10.7. The molecule has 3 N–H and O–H groups in total. The number of hydrogen-bond acceptors (Lipinski definition) is 3. The number of aliphatic hydroxyl groups excluding tert-OH is 1. The Morgan fingerprint density at radius 1 is 1.86 bits per heavy atom. The molecule has 1 aliphatic heterocycles. The van der Waals surface area contributed by atoms with Gasteiger partial charge in [0.05, 0.1) is 6.54 Å². The molecule has 1 saturated heterocycles. The van der Waals surface area contributed by atoms with Crippen molar-refractivity contribution in [2.45, 2.75) is 13.2 Å². The van der Waals surface area contributed by atoms with Gasteiger partial charge in [0, 0.05) is 12.6 Å². The summed E-state index contributed by atoms with van der Waals surface area (Å²) in [5.41, 5.74) is 0. The standard InChI is InChI=1S/C5H10N2O2.C3H4O2/c1-2-7-3-4(8)6-5(7)9;1-2-3(4)5/h4,8H,2-3H2,1H3,(H,6,9);2H,1H2,(H,4,5). The third-order valence-electron chi connectivity index (χ3n) is 1.53. The van der Waals surface area contributed by atoms with Crippen LogP contribution >= 0.6 is 0 Å². The monoisotopic (exact) mass is 202 g/mol. The number of carbonyl (C=O) groups is 2. The molecule has 6 nitrogen and oxygen atoms in total. The van der Waals surface area contributed by atoms with E-state index in [0.29, 0.717) is 13.1 Å². The number of nitrogens with one attached hydrogen (secondary N) is 1. The number of carboxylic acids is 1. The van der Waals surface area contributed by atoms with Crippen LogP contribution in [0.15, 0.2) is 12.7 Å². The van der Waals surface area contributed by atoms with Crippen molar-refractivity contribution >= 4 is 12.0 Å². The van der Waals surface area contributed by atoms with Gasteiger partial charge in [0.1, 0.15) is 6.23 Å². The van der Waals surface area contributed by atoms with Gasteiger partial charge >= 0.3 is 12.0 Å². The molecule has 1 unspecified atom stereocenters. The van der Waals surface area contributed by atoms with Crippen LogP contribution in [0.4, 0.5) is 4.79 Å². The first-order chi connectivity index (χ1) is 6.51. The molecule has 0 aromatic heterocycles. The fraction of sp³-hybridized carbons (Fsp3) is 0.500. The smallest absolute Gasteiger partial charge is 0.327 e. The molecule has 0 radical (unpaired) electrons. The first kappa shape index (κ1) is 12.4. The molecule has 0 bridgehead atoms. The highest BCUT2D eigenvalue weighted by atomic mass is 16.4. The molecule has 0 spiro atoms. The minimum Gasteiger partial charge on any atom is -0.478 e. The van der Waals surface area contributed by atoms with Gasteiger partial charge in [-0.2, -0.15) is 0 Å². The highest BCUT2D eigenvalue weighted by molar-refractivity contribution is 5.78. The molecule has 80 valence electrons. The van der Waals surface area contributed by atoms with E-state index in [1.165, 1.54) is 0 Å². The van der Waals surface area contributed by atoms with Gasteiger partial charge in [-0.25, -0.2) is 9.59 Å². The molecule has 2 amide bonds. The molecule has 6 heteroatoms. The van der Waals surface area contributed by atoms with Crippen LogP contribution in [0.25, 0.3) is 0 Å². The Balaban J connectivity index is 0.000000292. The molecule has 14 heavy (non-hydrogen) atoms. The molecular formula is C8H14N2O4. The number of aliphatic hydroxyl groups is 1. The molecule has 0 aromatic rings. The second kappa shape index (κ2) is 5.98. The number of carbonyl (C=O) groups excluding carboxylic acids is 1. The zero-order valence-electron chi connectivity index (χ0n) is 7.93. The molecule has 0 saturated carbocycles. The van der Waals surface area contributed by atoms with E-state index in [2.05, 4.69) is 11.9 Å². The number of urea groups is 1. The number of likely N-dealkylation sites (N-methyl/N-ethyl adjacent to an activating group) is 1. The molecular weight excluding hydrogens is 188 g/mol. The Morgan fingerprint density at radius 3 is 2.50 bits per heavy atom. The van der Waals surface area contributed by atoms with E-state index >= 15 is 0 Å². The van der Waals surface area contributed by atoms with Crippen LogP contribution in [0.2, 0.25) is 0 Å². The van der Waals surface area contributed by atoms with Gasteiger partial charge in [0.2, 0.25) is 0 Å². The molecule has 1 aliphatic rings. The van der Waals surface area contributed by atoms with Crippen molar-refractivity contribution in [2.24, 2.45) is 0 Å². The normalized spacial score (nSPS) is 19.4. The number of hydrogen-bond donors (Lipinski definition) is 3. The number of aliphatic carboxylic acids is 1. The Morgan fingerprint density at radius 2 is 2.36 bits per heavy atom. The van der Waals surface area contributed by atoms with E-state index < -0.39 is 12.2 Å². The van der Waals surface area contributed by atoms with E-state index in [1.807, 2.05) is 6.92 Å². The highest BCUT2D eigenvalue weighted by Crippen LogP contribution is 1.99. The lowest BCUT2D eigenvalue weighted by molar-refractivity contribution is -0.131. The zero-order valence-corrected chi connectivity index (χ0v) is 7.93. The van der Waals surface area contributed by atoms with Crippen molar-refractivity contribution in [2.75, 3.05) is 13.1 Å². The van der Waals surface area contributed by atoms with Crippen LogP contribution < -0.4 is 5.32 Å². The third-order valence-corrected chi connectivity index (χ3v) is 1.53. The van der Waals surface area contributed by atoms with Crippen molar-refractivity contribution in [3.8, 4) is 0 Å². The van der Waals surface area contributed by atoms with Gasteiger partial charge in [-0.3, -0.25) is 0 Å². The third kappa shape index (κ3) is 4.46. The Labute approximate surface area is 81.8 Å². The first-order valence-corrected chi connectivity index (χ1v) is 4.10. The van der Waals surface area contributed by atoms with Gasteiger partial charge in [-0.15, -0.1) is 0 Å². The minimum atomic E-state index is -0.981. The van der Waals surface area contributed by atoms with Crippen molar-refractivity contribution in [3.05, 3.63) is 12.7 Å². The summed E-state index contributed by atoms with van der Waals surface area (Å²) in [6.45, 7) is 5.90.